The molecule has 0 aromatic heterocycles. The highest BCUT2D eigenvalue weighted by Crippen LogP contribution is 2.43. The van der Waals surface area contributed by atoms with Gasteiger partial charge in [0, 0.05) is 13.1 Å². The lowest BCUT2D eigenvalue weighted by molar-refractivity contribution is -0.138. The van der Waals surface area contributed by atoms with Crippen LogP contribution in [-0.2, 0) is 10.2 Å². The molecule has 1 aromatic carbocycles. The number of nitrogens with zero attached hydrogens (tertiary/aromatic N) is 1. The molecule has 1 saturated heterocycles. The van der Waals surface area contributed by atoms with E-state index in [1.165, 1.54) is 17.5 Å². The van der Waals surface area contributed by atoms with Gasteiger partial charge in [0.1, 0.15) is 0 Å². The maximum absolute atomic E-state index is 13.5. The van der Waals surface area contributed by atoms with E-state index in [-0.39, 0.29) is 10.8 Å². The summed E-state index contributed by atoms with van der Waals surface area (Å²) < 4.78 is 0. The van der Waals surface area contributed by atoms with Crippen LogP contribution in [0.4, 0.5) is 0 Å². The van der Waals surface area contributed by atoms with Gasteiger partial charge in [0.05, 0.1) is 5.41 Å². The van der Waals surface area contributed by atoms with Crippen molar-refractivity contribution in [3.63, 3.8) is 0 Å². The Balaban J connectivity index is 1.92. The molecule has 0 unspecified atom stereocenters. The van der Waals surface area contributed by atoms with E-state index in [9.17, 15) is 4.79 Å². The molecule has 2 N–H and O–H groups in total. The number of nitrogens with two attached hydrogens (primary N) is 1. The maximum Gasteiger partial charge on any atom is 0.233 e. The largest absolute Gasteiger partial charge is 0.341 e. The first-order valence-corrected chi connectivity index (χ1v) is 9.06. The summed E-state index contributed by atoms with van der Waals surface area (Å²) in [5, 5.41) is 0. The van der Waals surface area contributed by atoms with Gasteiger partial charge in [0.25, 0.3) is 0 Å². The molecule has 3 rings (SSSR count). The van der Waals surface area contributed by atoms with E-state index in [0.29, 0.717) is 12.5 Å². The average molecular weight is 314 g/mol. The molecular weight excluding hydrogens is 284 g/mol. The number of likely N-dealkylation sites (tertiary alicyclic amines) is 1. The highest BCUT2D eigenvalue weighted by atomic mass is 16.2. The smallest absolute Gasteiger partial charge is 0.233 e. The van der Waals surface area contributed by atoms with Crippen LogP contribution >= 0.6 is 0 Å². The minimum absolute atomic E-state index is 0.0954. The molecule has 3 heteroatoms. The molecule has 1 aromatic rings. The van der Waals surface area contributed by atoms with E-state index in [4.69, 9.17) is 5.73 Å². The first-order chi connectivity index (χ1) is 11.0. The molecule has 1 aliphatic heterocycles. The maximum atomic E-state index is 13.5. The van der Waals surface area contributed by atoms with Crippen molar-refractivity contribution in [2.45, 2.75) is 57.8 Å². The zero-order chi connectivity index (χ0) is 16.5. The van der Waals surface area contributed by atoms with E-state index in [1.807, 2.05) is 0 Å². The van der Waals surface area contributed by atoms with Gasteiger partial charge < -0.3 is 10.6 Å². The highest BCUT2D eigenvalue weighted by Gasteiger charge is 2.46. The molecule has 1 amide bonds. The zero-order valence-electron chi connectivity index (χ0n) is 14.6. The quantitative estimate of drug-likeness (QED) is 0.929. The van der Waals surface area contributed by atoms with Crippen molar-refractivity contribution in [3.05, 3.63) is 35.4 Å². The molecule has 0 radical (unpaired) electrons. The van der Waals surface area contributed by atoms with Crippen LogP contribution in [-0.4, -0.2) is 30.4 Å². The summed E-state index contributed by atoms with van der Waals surface area (Å²) in [4.78, 5) is 15.6. The van der Waals surface area contributed by atoms with Crippen LogP contribution in [0, 0.1) is 12.3 Å². The molecule has 126 valence electrons. The third-order valence-electron chi connectivity index (χ3n) is 6.03. The Morgan fingerprint density at radius 3 is 2.57 bits per heavy atom. The lowest BCUT2D eigenvalue weighted by Crippen LogP contribution is -2.48. The molecule has 3 nitrogen and oxygen atoms in total. The Kier molecular flexibility index (Phi) is 4.50. The van der Waals surface area contributed by atoms with Crippen LogP contribution in [0.15, 0.2) is 24.3 Å². The first-order valence-electron chi connectivity index (χ1n) is 9.06. The molecule has 0 spiro atoms. The predicted molar refractivity (Wildman–Crippen MR) is 94.3 cm³/mol. The van der Waals surface area contributed by atoms with Gasteiger partial charge in [-0.05, 0) is 43.7 Å². The summed E-state index contributed by atoms with van der Waals surface area (Å²) in [5.74, 6) is 0.347. The van der Waals surface area contributed by atoms with Gasteiger partial charge in [-0.15, -0.1) is 0 Å². The van der Waals surface area contributed by atoms with Crippen LogP contribution in [0.2, 0.25) is 0 Å². The standard InChI is InChI=1S/C20H30N2O/c1-16-7-6-8-17(13-16)20(9-4-3-5-10-20)18(23)22-12-11-19(2,14-21)15-22/h6-8,13H,3-5,9-12,14-15,21H2,1-2H3/t19-/m1/s1. The van der Waals surface area contributed by atoms with Crippen LogP contribution in [0.5, 0.6) is 0 Å². The average Bonchev–Trinajstić information content (AvgIpc) is 2.98. The monoisotopic (exact) mass is 314 g/mol. The predicted octanol–water partition coefficient (Wildman–Crippen LogP) is 3.39. The Labute approximate surface area is 140 Å². The summed E-state index contributed by atoms with van der Waals surface area (Å²) in [6, 6.07) is 8.60. The third-order valence-corrected chi connectivity index (χ3v) is 6.03. The van der Waals surface area contributed by atoms with E-state index < -0.39 is 0 Å². The second-order valence-electron chi connectivity index (χ2n) is 8.00. The number of rotatable bonds is 3. The third kappa shape index (κ3) is 3.03. The minimum atomic E-state index is -0.301. The topological polar surface area (TPSA) is 46.3 Å². The fraction of sp³-hybridized carbons (Fsp3) is 0.650. The summed E-state index contributed by atoms with van der Waals surface area (Å²) >= 11 is 0. The van der Waals surface area contributed by atoms with E-state index in [2.05, 4.69) is 43.0 Å². The fourth-order valence-corrected chi connectivity index (χ4v) is 4.39. The minimum Gasteiger partial charge on any atom is -0.341 e. The van der Waals surface area contributed by atoms with Crippen LogP contribution < -0.4 is 5.73 Å². The molecule has 1 aliphatic carbocycles. The molecule has 1 saturated carbocycles. The summed E-state index contributed by atoms with van der Waals surface area (Å²) in [6.07, 6.45) is 6.57. The van der Waals surface area contributed by atoms with Crippen molar-refractivity contribution in [1.82, 2.24) is 4.90 Å². The summed E-state index contributed by atoms with van der Waals surface area (Å²) in [6.45, 7) is 6.66. The molecular formula is C20H30N2O. The second-order valence-corrected chi connectivity index (χ2v) is 8.00. The van der Waals surface area contributed by atoms with Crippen molar-refractivity contribution >= 4 is 5.91 Å². The number of aryl methyl sites for hydroxylation is 1. The van der Waals surface area contributed by atoms with Gasteiger partial charge in [-0.2, -0.15) is 0 Å². The van der Waals surface area contributed by atoms with Crippen molar-refractivity contribution in [2.24, 2.45) is 11.1 Å². The van der Waals surface area contributed by atoms with Gasteiger partial charge in [0.2, 0.25) is 5.91 Å². The van der Waals surface area contributed by atoms with E-state index in [0.717, 1.165) is 45.2 Å². The Morgan fingerprint density at radius 2 is 1.96 bits per heavy atom. The number of hydrogen-bond donors (Lipinski definition) is 1. The van der Waals surface area contributed by atoms with Gasteiger partial charge in [-0.1, -0.05) is 56.0 Å². The van der Waals surface area contributed by atoms with E-state index >= 15 is 0 Å². The Bertz CT molecular complexity index is 577. The van der Waals surface area contributed by atoms with Crippen molar-refractivity contribution in [1.29, 1.82) is 0 Å². The molecule has 2 aliphatic rings. The normalized spacial score (nSPS) is 27.2. The molecule has 2 fully saturated rings. The molecule has 1 heterocycles. The van der Waals surface area contributed by atoms with E-state index in [1.54, 1.807) is 0 Å². The molecule has 1 atom stereocenters. The number of amides is 1. The van der Waals surface area contributed by atoms with Crippen LogP contribution in [0.25, 0.3) is 0 Å². The second kappa shape index (κ2) is 6.27. The van der Waals surface area contributed by atoms with Gasteiger partial charge in [-0.3, -0.25) is 4.79 Å². The van der Waals surface area contributed by atoms with Crippen LogP contribution in [0.3, 0.4) is 0 Å². The molecule has 0 bridgehead atoms. The summed E-state index contributed by atoms with van der Waals surface area (Å²) in [5.41, 5.74) is 8.20. The van der Waals surface area contributed by atoms with Crippen LogP contribution in [0.1, 0.15) is 56.6 Å². The highest BCUT2D eigenvalue weighted by molar-refractivity contribution is 5.88. The number of carbonyl (C=O) groups excluding carboxylic acids is 1. The van der Waals surface area contributed by atoms with Crippen molar-refractivity contribution in [2.75, 3.05) is 19.6 Å². The van der Waals surface area contributed by atoms with Crippen molar-refractivity contribution in [3.8, 4) is 0 Å². The zero-order valence-corrected chi connectivity index (χ0v) is 14.6. The fourth-order valence-electron chi connectivity index (χ4n) is 4.39. The number of benzene rings is 1. The lowest BCUT2D eigenvalue weighted by atomic mass is 9.68. The number of carbonyl (C=O) groups is 1. The van der Waals surface area contributed by atoms with Gasteiger partial charge >= 0.3 is 0 Å². The van der Waals surface area contributed by atoms with Crippen molar-refractivity contribution < 1.29 is 4.79 Å². The lowest BCUT2D eigenvalue weighted by Gasteiger charge is -2.40. The van der Waals surface area contributed by atoms with Gasteiger partial charge in [-0.25, -0.2) is 0 Å². The molecule has 23 heavy (non-hydrogen) atoms. The Hall–Kier alpha value is -1.35. The van der Waals surface area contributed by atoms with Gasteiger partial charge in [0.15, 0.2) is 0 Å². The SMILES string of the molecule is Cc1cccc(C2(C(=O)N3CC[C@](C)(CN)C3)CCCCC2)c1. The summed E-state index contributed by atoms with van der Waals surface area (Å²) in [7, 11) is 0. The first kappa shape index (κ1) is 16.5. The Morgan fingerprint density at radius 1 is 1.22 bits per heavy atom. The number of hydrogen-bond acceptors (Lipinski definition) is 2.